The molecule has 0 aliphatic rings. The number of ether oxygens (including phenoxy) is 1. The van der Waals surface area contributed by atoms with Crippen LogP contribution in [0.2, 0.25) is 0 Å². The Labute approximate surface area is 113 Å². The molecule has 0 unspecified atom stereocenters. The summed E-state index contributed by atoms with van der Waals surface area (Å²) in [5.41, 5.74) is 0.455. The molecule has 1 aromatic heterocycles. The van der Waals surface area contributed by atoms with Crippen molar-refractivity contribution in [3.05, 3.63) is 41.7 Å². The van der Waals surface area contributed by atoms with E-state index >= 15 is 0 Å². The zero-order chi connectivity index (χ0) is 14.9. The average Bonchev–Trinajstić information content (AvgIpc) is 2.72. The van der Waals surface area contributed by atoms with Gasteiger partial charge in [-0.2, -0.15) is 5.10 Å². The Balaban J connectivity index is 2.35. The van der Waals surface area contributed by atoms with E-state index in [-0.39, 0.29) is 6.61 Å². The minimum Gasteiger partial charge on any atom is -0.483 e. The van der Waals surface area contributed by atoms with Crippen LogP contribution in [0.15, 0.2) is 29.3 Å². The lowest BCUT2D eigenvalue weighted by Gasteiger charge is -2.10. The van der Waals surface area contributed by atoms with Crippen molar-refractivity contribution in [2.45, 2.75) is 11.5 Å². The normalized spacial score (nSPS) is 11.6. The monoisotopic (exact) mass is 303 g/mol. The number of sulfonamides is 1. The van der Waals surface area contributed by atoms with Gasteiger partial charge in [0.25, 0.3) is 0 Å². The molecule has 20 heavy (non-hydrogen) atoms. The van der Waals surface area contributed by atoms with Gasteiger partial charge in [0.05, 0.1) is 5.69 Å². The smallest absolute Gasteiger partial charge is 0.241 e. The standard InChI is InChI=1S/C11H11F2N3O3S/c1-16-3-2-8(15-16)6-19-11-9(13)4-7(12)5-10(11)20(14,17)18/h2-5H,6H2,1H3,(H2,14,17,18). The van der Waals surface area contributed by atoms with Gasteiger partial charge in [0.2, 0.25) is 10.0 Å². The van der Waals surface area contributed by atoms with E-state index in [0.29, 0.717) is 17.8 Å². The van der Waals surface area contributed by atoms with Crippen molar-refractivity contribution in [2.24, 2.45) is 12.2 Å². The molecule has 1 heterocycles. The van der Waals surface area contributed by atoms with Gasteiger partial charge < -0.3 is 4.74 Å². The fraction of sp³-hybridized carbons (Fsp3) is 0.182. The Morgan fingerprint density at radius 2 is 2.10 bits per heavy atom. The molecule has 108 valence electrons. The first-order valence-electron chi connectivity index (χ1n) is 5.40. The van der Waals surface area contributed by atoms with Gasteiger partial charge in [-0.1, -0.05) is 0 Å². The molecule has 0 fully saturated rings. The number of nitrogens with zero attached hydrogens (tertiary/aromatic N) is 2. The molecule has 0 radical (unpaired) electrons. The highest BCUT2D eigenvalue weighted by Crippen LogP contribution is 2.28. The highest BCUT2D eigenvalue weighted by Gasteiger charge is 2.21. The van der Waals surface area contributed by atoms with Gasteiger partial charge in [-0.05, 0) is 12.1 Å². The summed E-state index contributed by atoms with van der Waals surface area (Å²) in [5, 5.41) is 8.89. The van der Waals surface area contributed by atoms with Gasteiger partial charge in [0.1, 0.15) is 17.3 Å². The topological polar surface area (TPSA) is 87.2 Å². The molecule has 2 rings (SSSR count). The third-order valence-electron chi connectivity index (χ3n) is 2.41. The Hall–Kier alpha value is -2.00. The molecule has 6 nitrogen and oxygen atoms in total. The van der Waals surface area contributed by atoms with Crippen LogP contribution in [-0.4, -0.2) is 18.2 Å². The summed E-state index contributed by atoms with van der Waals surface area (Å²) >= 11 is 0. The molecule has 0 bridgehead atoms. The second-order valence-corrected chi connectivity index (χ2v) is 5.56. The summed E-state index contributed by atoms with van der Waals surface area (Å²) in [6, 6.07) is 2.73. The minimum absolute atomic E-state index is 0.175. The number of hydrogen-bond donors (Lipinski definition) is 1. The van der Waals surface area contributed by atoms with Crippen LogP contribution in [-0.2, 0) is 23.7 Å². The quantitative estimate of drug-likeness (QED) is 0.910. The Morgan fingerprint density at radius 1 is 1.40 bits per heavy atom. The summed E-state index contributed by atoms with van der Waals surface area (Å²) in [6.45, 7) is -0.175. The fourth-order valence-corrected chi connectivity index (χ4v) is 2.27. The molecule has 0 spiro atoms. The third kappa shape index (κ3) is 3.11. The molecule has 0 saturated heterocycles. The van der Waals surface area contributed by atoms with E-state index in [1.54, 1.807) is 19.3 Å². The Bertz CT molecular complexity index is 743. The maximum atomic E-state index is 13.6. The zero-order valence-corrected chi connectivity index (χ0v) is 11.2. The summed E-state index contributed by atoms with van der Waals surface area (Å²) in [5.74, 6) is -2.83. The molecule has 1 aromatic carbocycles. The minimum atomic E-state index is -4.31. The van der Waals surface area contributed by atoms with Gasteiger partial charge >= 0.3 is 0 Å². The molecule has 0 amide bonds. The Kier molecular flexibility index (Phi) is 3.73. The SMILES string of the molecule is Cn1ccc(COc2c(F)cc(F)cc2S(N)(=O)=O)n1. The van der Waals surface area contributed by atoms with Crippen molar-refractivity contribution in [1.82, 2.24) is 9.78 Å². The van der Waals surface area contributed by atoms with E-state index in [4.69, 9.17) is 9.88 Å². The summed E-state index contributed by atoms with van der Waals surface area (Å²) < 4.78 is 55.9. The van der Waals surface area contributed by atoms with Crippen molar-refractivity contribution in [3.8, 4) is 5.75 Å². The second-order valence-electron chi connectivity index (χ2n) is 4.03. The largest absolute Gasteiger partial charge is 0.483 e. The first-order chi connectivity index (χ1) is 9.27. The van der Waals surface area contributed by atoms with Crippen LogP contribution in [0, 0.1) is 11.6 Å². The number of benzene rings is 1. The van der Waals surface area contributed by atoms with E-state index in [1.807, 2.05) is 0 Å². The molecule has 9 heteroatoms. The predicted octanol–water partition coefficient (Wildman–Crippen LogP) is 0.925. The average molecular weight is 303 g/mol. The van der Waals surface area contributed by atoms with Gasteiger partial charge in [-0.3, -0.25) is 4.68 Å². The first-order valence-corrected chi connectivity index (χ1v) is 6.95. The predicted molar refractivity (Wildman–Crippen MR) is 65.3 cm³/mol. The second kappa shape index (κ2) is 5.17. The van der Waals surface area contributed by atoms with Gasteiger partial charge in [-0.25, -0.2) is 22.3 Å². The lowest BCUT2D eigenvalue weighted by atomic mass is 10.3. The fourth-order valence-electron chi connectivity index (χ4n) is 1.57. The number of rotatable bonds is 4. The number of primary sulfonamides is 1. The molecular weight excluding hydrogens is 292 g/mol. The van der Waals surface area contributed by atoms with Crippen LogP contribution in [0.4, 0.5) is 8.78 Å². The molecular formula is C11H11F2N3O3S. The zero-order valence-electron chi connectivity index (χ0n) is 10.4. The van der Waals surface area contributed by atoms with Gasteiger partial charge in [0.15, 0.2) is 11.6 Å². The molecule has 0 aliphatic heterocycles. The summed E-state index contributed by atoms with van der Waals surface area (Å²) in [6.07, 6.45) is 1.64. The first kappa shape index (κ1) is 14.4. The van der Waals surface area contributed by atoms with Crippen LogP contribution in [0.25, 0.3) is 0 Å². The highest BCUT2D eigenvalue weighted by molar-refractivity contribution is 7.89. The molecule has 2 N–H and O–H groups in total. The maximum Gasteiger partial charge on any atom is 0.241 e. The highest BCUT2D eigenvalue weighted by atomic mass is 32.2. The summed E-state index contributed by atoms with van der Waals surface area (Å²) in [7, 11) is -2.63. The van der Waals surface area contributed by atoms with Gasteiger partial charge in [-0.15, -0.1) is 0 Å². The number of nitrogens with two attached hydrogens (primary N) is 1. The lowest BCUT2D eigenvalue weighted by molar-refractivity contribution is 0.275. The number of halogens is 2. The van der Waals surface area contributed by atoms with Crippen LogP contribution in [0.1, 0.15) is 5.69 Å². The number of hydrogen-bond acceptors (Lipinski definition) is 4. The van der Waals surface area contributed by atoms with Crippen LogP contribution in [0.5, 0.6) is 5.75 Å². The van der Waals surface area contributed by atoms with Gasteiger partial charge in [0, 0.05) is 19.3 Å². The Morgan fingerprint density at radius 3 is 2.65 bits per heavy atom. The van der Waals surface area contributed by atoms with Crippen LogP contribution >= 0.6 is 0 Å². The van der Waals surface area contributed by atoms with E-state index in [2.05, 4.69) is 5.10 Å². The van der Waals surface area contributed by atoms with Crippen LogP contribution in [0.3, 0.4) is 0 Å². The molecule has 2 aromatic rings. The van der Waals surface area contributed by atoms with Crippen molar-refractivity contribution in [1.29, 1.82) is 0 Å². The third-order valence-corrected chi connectivity index (χ3v) is 3.33. The van der Waals surface area contributed by atoms with Crippen LogP contribution < -0.4 is 9.88 Å². The number of aryl methyl sites for hydroxylation is 1. The van der Waals surface area contributed by atoms with E-state index in [1.165, 1.54) is 4.68 Å². The lowest BCUT2D eigenvalue weighted by Crippen LogP contribution is -2.15. The molecule has 0 atom stereocenters. The molecule has 0 saturated carbocycles. The van der Waals surface area contributed by atoms with Crippen molar-refractivity contribution < 1.29 is 21.9 Å². The van der Waals surface area contributed by atoms with E-state index < -0.39 is 32.3 Å². The molecule has 0 aliphatic carbocycles. The van der Waals surface area contributed by atoms with Crippen molar-refractivity contribution in [2.75, 3.05) is 0 Å². The summed E-state index contributed by atoms with van der Waals surface area (Å²) in [4.78, 5) is -0.745. The van der Waals surface area contributed by atoms with Crippen molar-refractivity contribution in [3.63, 3.8) is 0 Å². The van der Waals surface area contributed by atoms with E-state index in [9.17, 15) is 17.2 Å². The number of aromatic nitrogens is 2. The maximum absolute atomic E-state index is 13.6. The van der Waals surface area contributed by atoms with Crippen molar-refractivity contribution >= 4 is 10.0 Å². The van der Waals surface area contributed by atoms with E-state index in [0.717, 1.165) is 0 Å².